The second kappa shape index (κ2) is 8.65. The number of hydrogen-bond acceptors (Lipinski definition) is 7. The van der Waals surface area contributed by atoms with E-state index >= 15 is 0 Å². The van der Waals surface area contributed by atoms with Gasteiger partial charge in [-0.05, 0) is 30.3 Å². The molecule has 0 aliphatic carbocycles. The van der Waals surface area contributed by atoms with E-state index in [2.05, 4.69) is 30.3 Å². The number of hydrogen-bond donors (Lipinski definition) is 2. The molecule has 0 atom stereocenters. The lowest BCUT2D eigenvalue weighted by Gasteiger charge is -2.09. The predicted octanol–water partition coefficient (Wildman–Crippen LogP) is 3.27. The van der Waals surface area contributed by atoms with E-state index in [1.807, 2.05) is 0 Å². The van der Waals surface area contributed by atoms with Crippen molar-refractivity contribution in [3.05, 3.63) is 59.6 Å². The number of carbonyl (C=O) groups excluding carboxylic acids is 2. The third kappa shape index (κ3) is 6.24. The number of amides is 2. The van der Waals surface area contributed by atoms with Crippen molar-refractivity contribution < 1.29 is 27.5 Å². The van der Waals surface area contributed by atoms with Gasteiger partial charge in [0.1, 0.15) is 5.75 Å². The van der Waals surface area contributed by atoms with Gasteiger partial charge in [0.25, 0.3) is 5.91 Å². The van der Waals surface area contributed by atoms with E-state index in [9.17, 15) is 22.8 Å². The smallest absolute Gasteiger partial charge is 0.406 e. The first kappa shape index (κ1) is 20.2. The second-order valence-electron chi connectivity index (χ2n) is 5.47. The lowest BCUT2D eigenvalue weighted by Crippen LogP contribution is -2.17. The van der Waals surface area contributed by atoms with Crippen molar-refractivity contribution in [1.29, 1.82) is 0 Å². The molecular formula is C17H12F3N5O3S. The first-order valence-electron chi connectivity index (χ1n) is 7.97. The molecule has 0 unspecified atom stereocenters. The van der Waals surface area contributed by atoms with Crippen LogP contribution in [0.15, 0.2) is 48.1 Å². The maximum Gasteiger partial charge on any atom is 0.573 e. The zero-order valence-electron chi connectivity index (χ0n) is 14.4. The number of benzene rings is 1. The Morgan fingerprint density at radius 3 is 2.41 bits per heavy atom. The van der Waals surface area contributed by atoms with Crippen LogP contribution in [0.1, 0.15) is 16.3 Å². The number of halogens is 3. The number of aromatic nitrogens is 3. The fourth-order valence-electron chi connectivity index (χ4n) is 2.12. The minimum Gasteiger partial charge on any atom is -0.406 e. The molecule has 0 saturated heterocycles. The van der Waals surface area contributed by atoms with Crippen LogP contribution >= 0.6 is 11.3 Å². The van der Waals surface area contributed by atoms with Crippen molar-refractivity contribution in [2.24, 2.45) is 0 Å². The van der Waals surface area contributed by atoms with Crippen molar-refractivity contribution in [3.63, 3.8) is 0 Å². The van der Waals surface area contributed by atoms with Crippen LogP contribution in [-0.2, 0) is 11.2 Å². The largest absolute Gasteiger partial charge is 0.573 e. The zero-order valence-corrected chi connectivity index (χ0v) is 15.3. The maximum atomic E-state index is 12.1. The summed E-state index contributed by atoms with van der Waals surface area (Å²) >= 11 is 1.13. The van der Waals surface area contributed by atoms with Gasteiger partial charge in [0.05, 0.1) is 12.1 Å². The highest BCUT2D eigenvalue weighted by Gasteiger charge is 2.30. The van der Waals surface area contributed by atoms with E-state index in [4.69, 9.17) is 0 Å². The molecule has 150 valence electrons. The number of anilines is 2. The fourth-order valence-corrected chi connectivity index (χ4v) is 2.83. The molecule has 2 amide bonds. The number of nitrogens with zero attached hydrogens (tertiary/aromatic N) is 3. The molecule has 0 aliphatic heterocycles. The average Bonchev–Trinajstić information content (AvgIpc) is 3.09. The summed E-state index contributed by atoms with van der Waals surface area (Å²) in [4.78, 5) is 35.8. The SMILES string of the molecule is O=C(Cc1csc(NC(=O)c2ncccn2)n1)Nc1ccc(OC(F)(F)F)cc1. The van der Waals surface area contributed by atoms with Crippen molar-refractivity contribution in [2.45, 2.75) is 12.8 Å². The molecule has 1 aromatic carbocycles. The van der Waals surface area contributed by atoms with Crippen LogP contribution in [0.5, 0.6) is 5.75 Å². The molecular weight excluding hydrogens is 411 g/mol. The van der Waals surface area contributed by atoms with Gasteiger partial charge in [-0.2, -0.15) is 0 Å². The standard InChI is InChI=1S/C17H12F3N5O3S/c18-17(19,20)28-12-4-2-10(3-5-12)23-13(26)8-11-9-29-16(24-11)25-15(27)14-21-6-1-7-22-14/h1-7,9H,8H2,(H,23,26)(H,24,25,27). The summed E-state index contributed by atoms with van der Waals surface area (Å²) in [5, 5.41) is 6.95. The number of nitrogens with one attached hydrogen (secondary N) is 2. The number of alkyl halides is 3. The highest BCUT2D eigenvalue weighted by atomic mass is 32.1. The Hall–Kier alpha value is -3.54. The van der Waals surface area contributed by atoms with Crippen LogP contribution in [-0.4, -0.2) is 33.1 Å². The van der Waals surface area contributed by atoms with Crippen LogP contribution in [0.3, 0.4) is 0 Å². The van der Waals surface area contributed by atoms with E-state index in [-0.39, 0.29) is 17.4 Å². The van der Waals surface area contributed by atoms with Crippen LogP contribution in [0.2, 0.25) is 0 Å². The molecule has 0 fully saturated rings. The van der Waals surface area contributed by atoms with Gasteiger partial charge in [-0.1, -0.05) is 0 Å². The molecule has 0 saturated carbocycles. The lowest BCUT2D eigenvalue weighted by molar-refractivity contribution is -0.274. The minimum atomic E-state index is -4.78. The summed E-state index contributed by atoms with van der Waals surface area (Å²) in [7, 11) is 0. The molecule has 29 heavy (non-hydrogen) atoms. The normalized spacial score (nSPS) is 11.0. The van der Waals surface area contributed by atoms with Gasteiger partial charge in [0.15, 0.2) is 5.13 Å². The molecule has 0 bridgehead atoms. The zero-order chi connectivity index (χ0) is 20.9. The minimum absolute atomic E-state index is 0.0139. The third-order valence-corrected chi connectivity index (χ3v) is 4.06. The van der Waals surface area contributed by atoms with E-state index < -0.39 is 23.9 Å². The summed E-state index contributed by atoms with van der Waals surface area (Å²) in [6.07, 6.45) is -2.01. The Bertz CT molecular complexity index is 994. The van der Waals surface area contributed by atoms with Crippen LogP contribution in [0.4, 0.5) is 24.0 Å². The van der Waals surface area contributed by atoms with Gasteiger partial charge in [-0.25, -0.2) is 15.0 Å². The molecule has 2 heterocycles. The van der Waals surface area contributed by atoms with E-state index in [0.717, 1.165) is 23.5 Å². The quantitative estimate of drug-likeness (QED) is 0.630. The summed E-state index contributed by atoms with van der Waals surface area (Å²) < 4.78 is 40.2. The third-order valence-electron chi connectivity index (χ3n) is 3.25. The van der Waals surface area contributed by atoms with Crippen molar-refractivity contribution in [2.75, 3.05) is 10.6 Å². The summed E-state index contributed by atoms with van der Waals surface area (Å²) in [6, 6.07) is 6.32. The summed E-state index contributed by atoms with van der Waals surface area (Å²) in [6.45, 7) is 0. The Morgan fingerprint density at radius 2 is 1.76 bits per heavy atom. The number of thiazole rings is 1. The van der Waals surface area contributed by atoms with Crippen molar-refractivity contribution in [3.8, 4) is 5.75 Å². The molecule has 2 aromatic heterocycles. The van der Waals surface area contributed by atoms with Crippen LogP contribution < -0.4 is 15.4 Å². The number of rotatable bonds is 6. The first-order chi connectivity index (χ1) is 13.8. The molecule has 2 N–H and O–H groups in total. The van der Waals surface area contributed by atoms with E-state index in [0.29, 0.717) is 11.4 Å². The van der Waals surface area contributed by atoms with Crippen molar-refractivity contribution >= 4 is 34.0 Å². The summed E-state index contributed by atoms with van der Waals surface area (Å²) in [5.41, 5.74) is 0.711. The van der Waals surface area contributed by atoms with Gasteiger partial charge >= 0.3 is 6.36 Å². The Balaban J connectivity index is 1.53. The number of ether oxygens (including phenoxy) is 1. The molecule has 3 rings (SSSR count). The Morgan fingerprint density at radius 1 is 1.07 bits per heavy atom. The van der Waals surface area contributed by atoms with E-state index in [1.54, 1.807) is 11.4 Å². The monoisotopic (exact) mass is 423 g/mol. The van der Waals surface area contributed by atoms with E-state index in [1.165, 1.54) is 24.5 Å². The molecule has 0 radical (unpaired) electrons. The Labute approximate surface area is 165 Å². The second-order valence-corrected chi connectivity index (χ2v) is 6.33. The maximum absolute atomic E-state index is 12.1. The molecule has 8 nitrogen and oxygen atoms in total. The molecule has 3 aromatic rings. The number of carbonyl (C=O) groups is 2. The molecule has 0 aliphatic rings. The highest BCUT2D eigenvalue weighted by Crippen LogP contribution is 2.24. The Kier molecular flexibility index (Phi) is 6.02. The molecule has 0 spiro atoms. The average molecular weight is 423 g/mol. The van der Waals surface area contributed by atoms with Gasteiger partial charge in [0.2, 0.25) is 11.7 Å². The first-order valence-corrected chi connectivity index (χ1v) is 8.85. The van der Waals surface area contributed by atoms with Crippen LogP contribution in [0, 0.1) is 0 Å². The topological polar surface area (TPSA) is 106 Å². The molecule has 12 heteroatoms. The van der Waals surface area contributed by atoms with Gasteiger partial charge in [0, 0.05) is 23.5 Å². The van der Waals surface area contributed by atoms with Gasteiger partial charge < -0.3 is 10.1 Å². The lowest BCUT2D eigenvalue weighted by atomic mass is 10.2. The van der Waals surface area contributed by atoms with Crippen LogP contribution in [0.25, 0.3) is 0 Å². The van der Waals surface area contributed by atoms with Crippen molar-refractivity contribution in [1.82, 2.24) is 15.0 Å². The van der Waals surface area contributed by atoms with Gasteiger partial charge in [-0.15, -0.1) is 24.5 Å². The fraction of sp³-hybridized carbons (Fsp3) is 0.118. The van der Waals surface area contributed by atoms with Gasteiger partial charge in [-0.3, -0.25) is 14.9 Å². The highest BCUT2D eigenvalue weighted by molar-refractivity contribution is 7.14. The summed E-state index contributed by atoms with van der Waals surface area (Å²) in [5.74, 6) is -1.36. The predicted molar refractivity (Wildman–Crippen MR) is 97.6 cm³/mol.